The highest BCUT2D eigenvalue weighted by molar-refractivity contribution is 5.89. The molecule has 0 spiro atoms. The molecule has 0 aromatic carbocycles. The molecule has 0 saturated carbocycles. The summed E-state index contributed by atoms with van der Waals surface area (Å²) in [6.07, 6.45) is 1.26. The van der Waals surface area contributed by atoms with Crippen molar-refractivity contribution >= 4 is 17.8 Å². The maximum atomic E-state index is 12.3. The third-order valence-corrected chi connectivity index (χ3v) is 3.68. The van der Waals surface area contributed by atoms with Crippen LogP contribution in [0.15, 0.2) is 0 Å². The molecule has 0 aliphatic carbocycles. The minimum absolute atomic E-state index is 0.313. The zero-order valence-electron chi connectivity index (χ0n) is 10.6. The van der Waals surface area contributed by atoms with E-state index in [0.29, 0.717) is 25.8 Å². The van der Waals surface area contributed by atoms with Gasteiger partial charge in [-0.2, -0.15) is 0 Å². The third-order valence-electron chi connectivity index (χ3n) is 3.68. The van der Waals surface area contributed by atoms with Crippen LogP contribution in [0, 0.1) is 0 Å². The largest absolute Gasteiger partial charge is 0.479 e. The number of aliphatic carboxylic acids is 1. The van der Waals surface area contributed by atoms with Crippen molar-refractivity contribution in [1.29, 1.82) is 0 Å². The van der Waals surface area contributed by atoms with E-state index in [2.05, 4.69) is 0 Å². The van der Waals surface area contributed by atoms with Gasteiger partial charge in [0.05, 0.1) is 0 Å². The molecule has 19 heavy (non-hydrogen) atoms. The van der Waals surface area contributed by atoms with Crippen molar-refractivity contribution in [2.24, 2.45) is 5.73 Å². The van der Waals surface area contributed by atoms with Gasteiger partial charge >= 0.3 is 5.97 Å². The standard InChI is InChI=1S/C12H18N2O5/c13-10(15)7-3-1-2-6-14(7)11(16)8-4-5-9(19-8)12(17)18/h7-9H,1-6H2,(H2,13,15)(H,17,18)/t7?,8-,9+/m0/s1. The number of hydrogen-bond acceptors (Lipinski definition) is 4. The Morgan fingerprint density at radius 2 is 1.79 bits per heavy atom. The molecule has 0 bridgehead atoms. The first kappa shape index (κ1) is 13.8. The van der Waals surface area contributed by atoms with Crippen LogP contribution < -0.4 is 5.73 Å². The van der Waals surface area contributed by atoms with Crippen molar-refractivity contribution in [2.45, 2.75) is 50.4 Å². The SMILES string of the molecule is NC(=O)C1CCCCN1C(=O)[C@@H]1CC[C@H](C(=O)O)O1. The normalized spacial score (nSPS) is 31.2. The van der Waals surface area contributed by atoms with Crippen molar-refractivity contribution in [2.75, 3.05) is 6.54 Å². The summed E-state index contributed by atoms with van der Waals surface area (Å²) in [5, 5.41) is 8.84. The topological polar surface area (TPSA) is 110 Å². The van der Waals surface area contributed by atoms with Crippen LogP contribution in [0.4, 0.5) is 0 Å². The maximum Gasteiger partial charge on any atom is 0.332 e. The van der Waals surface area contributed by atoms with Crippen LogP contribution in [0.25, 0.3) is 0 Å². The molecule has 2 fully saturated rings. The quantitative estimate of drug-likeness (QED) is 0.717. The number of nitrogens with zero attached hydrogens (tertiary/aromatic N) is 1. The van der Waals surface area contributed by atoms with E-state index in [1.54, 1.807) is 0 Å². The summed E-state index contributed by atoms with van der Waals surface area (Å²) < 4.78 is 5.22. The monoisotopic (exact) mass is 270 g/mol. The summed E-state index contributed by atoms with van der Waals surface area (Å²) in [6, 6.07) is -0.589. The molecule has 3 N–H and O–H groups in total. The minimum atomic E-state index is -1.06. The number of likely N-dealkylation sites (tertiary alicyclic amines) is 1. The second-order valence-corrected chi connectivity index (χ2v) is 4.97. The highest BCUT2D eigenvalue weighted by atomic mass is 16.5. The van der Waals surface area contributed by atoms with Gasteiger partial charge in [-0.25, -0.2) is 4.79 Å². The van der Waals surface area contributed by atoms with Gasteiger partial charge in [0, 0.05) is 6.54 Å². The van der Waals surface area contributed by atoms with Crippen LogP contribution in [0.2, 0.25) is 0 Å². The van der Waals surface area contributed by atoms with E-state index in [4.69, 9.17) is 15.6 Å². The molecule has 1 unspecified atom stereocenters. The number of amides is 2. The van der Waals surface area contributed by atoms with E-state index in [0.717, 1.165) is 12.8 Å². The Bertz CT molecular complexity index is 398. The number of ether oxygens (including phenoxy) is 1. The predicted molar refractivity (Wildman–Crippen MR) is 64.1 cm³/mol. The highest BCUT2D eigenvalue weighted by Crippen LogP contribution is 2.25. The van der Waals surface area contributed by atoms with Crippen LogP contribution in [0.3, 0.4) is 0 Å². The highest BCUT2D eigenvalue weighted by Gasteiger charge is 2.40. The molecular formula is C12H18N2O5. The van der Waals surface area contributed by atoms with Gasteiger partial charge in [0.2, 0.25) is 5.91 Å². The predicted octanol–water partition coefficient (Wildman–Crippen LogP) is -0.515. The van der Waals surface area contributed by atoms with Gasteiger partial charge in [0.15, 0.2) is 6.10 Å². The van der Waals surface area contributed by atoms with E-state index in [1.165, 1.54) is 4.90 Å². The molecule has 2 amide bonds. The molecule has 2 heterocycles. The Balaban J connectivity index is 2.02. The van der Waals surface area contributed by atoms with Crippen molar-refractivity contribution in [3.05, 3.63) is 0 Å². The van der Waals surface area contributed by atoms with Gasteiger partial charge in [0.1, 0.15) is 12.1 Å². The summed E-state index contributed by atoms with van der Waals surface area (Å²) in [7, 11) is 0. The molecule has 2 aliphatic heterocycles. The summed E-state index contributed by atoms with van der Waals surface area (Å²) >= 11 is 0. The van der Waals surface area contributed by atoms with E-state index < -0.39 is 30.1 Å². The molecule has 3 atom stereocenters. The van der Waals surface area contributed by atoms with Crippen LogP contribution in [0.1, 0.15) is 32.1 Å². The fraction of sp³-hybridized carbons (Fsp3) is 0.750. The maximum absolute atomic E-state index is 12.3. The van der Waals surface area contributed by atoms with E-state index in [1.807, 2.05) is 0 Å². The van der Waals surface area contributed by atoms with Gasteiger partial charge in [-0.1, -0.05) is 0 Å². The lowest BCUT2D eigenvalue weighted by Gasteiger charge is -2.35. The number of primary amides is 1. The second-order valence-electron chi connectivity index (χ2n) is 4.97. The lowest BCUT2D eigenvalue weighted by atomic mass is 10.0. The first-order chi connectivity index (χ1) is 9.00. The molecule has 2 saturated heterocycles. The first-order valence-electron chi connectivity index (χ1n) is 6.48. The molecule has 2 aliphatic rings. The van der Waals surface area contributed by atoms with E-state index in [-0.39, 0.29) is 5.91 Å². The Morgan fingerprint density at radius 3 is 2.37 bits per heavy atom. The lowest BCUT2D eigenvalue weighted by Crippen LogP contribution is -2.53. The summed E-state index contributed by atoms with van der Waals surface area (Å²) in [5.41, 5.74) is 5.30. The minimum Gasteiger partial charge on any atom is -0.479 e. The van der Waals surface area contributed by atoms with Crippen molar-refractivity contribution in [1.82, 2.24) is 4.90 Å². The average molecular weight is 270 g/mol. The van der Waals surface area contributed by atoms with Crippen LogP contribution in [0.5, 0.6) is 0 Å². The molecule has 106 valence electrons. The number of hydrogen-bond donors (Lipinski definition) is 2. The summed E-state index contributed by atoms with van der Waals surface area (Å²) in [6.45, 7) is 0.476. The Hall–Kier alpha value is -1.63. The average Bonchev–Trinajstić information content (AvgIpc) is 2.87. The van der Waals surface area contributed by atoms with Gasteiger partial charge in [-0.3, -0.25) is 9.59 Å². The van der Waals surface area contributed by atoms with Crippen molar-refractivity contribution in [3.8, 4) is 0 Å². The zero-order valence-corrected chi connectivity index (χ0v) is 10.6. The van der Waals surface area contributed by atoms with Gasteiger partial charge in [-0.05, 0) is 32.1 Å². The Labute approximate surface area is 110 Å². The van der Waals surface area contributed by atoms with Crippen molar-refractivity contribution in [3.63, 3.8) is 0 Å². The Morgan fingerprint density at radius 1 is 1.11 bits per heavy atom. The van der Waals surface area contributed by atoms with Crippen LogP contribution >= 0.6 is 0 Å². The second kappa shape index (κ2) is 5.56. The number of piperidine rings is 1. The van der Waals surface area contributed by atoms with Crippen LogP contribution in [-0.2, 0) is 19.1 Å². The van der Waals surface area contributed by atoms with Gasteiger partial charge in [-0.15, -0.1) is 0 Å². The van der Waals surface area contributed by atoms with Gasteiger partial charge < -0.3 is 20.5 Å². The molecular weight excluding hydrogens is 252 g/mol. The number of carboxylic acid groups (broad SMARTS) is 1. The molecule has 2 rings (SSSR count). The van der Waals surface area contributed by atoms with Crippen LogP contribution in [-0.4, -0.2) is 52.6 Å². The van der Waals surface area contributed by atoms with Crippen molar-refractivity contribution < 1.29 is 24.2 Å². The molecule has 0 aromatic heterocycles. The zero-order chi connectivity index (χ0) is 14.0. The lowest BCUT2D eigenvalue weighted by molar-refractivity contribution is -0.157. The van der Waals surface area contributed by atoms with E-state index >= 15 is 0 Å². The third kappa shape index (κ3) is 2.86. The fourth-order valence-electron chi connectivity index (χ4n) is 2.68. The summed E-state index contributed by atoms with van der Waals surface area (Å²) in [5.74, 6) is -1.88. The molecule has 0 radical (unpaired) electrons. The summed E-state index contributed by atoms with van der Waals surface area (Å²) in [4.78, 5) is 35.9. The number of rotatable bonds is 3. The molecule has 7 heteroatoms. The van der Waals surface area contributed by atoms with Gasteiger partial charge in [0.25, 0.3) is 5.91 Å². The Kier molecular flexibility index (Phi) is 4.04. The number of carboxylic acids is 1. The molecule has 0 aromatic rings. The number of carbonyl (C=O) groups is 3. The number of nitrogens with two attached hydrogens (primary N) is 1. The fourth-order valence-corrected chi connectivity index (χ4v) is 2.68. The smallest absolute Gasteiger partial charge is 0.332 e. The first-order valence-corrected chi connectivity index (χ1v) is 6.48. The number of carbonyl (C=O) groups excluding carboxylic acids is 2. The van der Waals surface area contributed by atoms with E-state index in [9.17, 15) is 14.4 Å². The molecule has 7 nitrogen and oxygen atoms in total.